The second kappa shape index (κ2) is 5.96. The van der Waals surface area contributed by atoms with Gasteiger partial charge in [0.1, 0.15) is 0 Å². The zero-order valence-electron chi connectivity index (χ0n) is 7.63. The van der Waals surface area contributed by atoms with Crippen LogP contribution in [-0.2, 0) is 4.79 Å². The summed E-state index contributed by atoms with van der Waals surface area (Å²) in [7, 11) is 1.81. The van der Waals surface area contributed by atoms with Crippen LogP contribution in [0.5, 0.6) is 0 Å². The van der Waals surface area contributed by atoms with Crippen LogP contribution < -0.4 is 0 Å². The van der Waals surface area contributed by atoms with Gasteiger partial charge in [-0.15, -0.1) is 0 Å². The molecule has 0 aromatic rings. The van der Waals surface area contributed by atoms with Gasteiger partial charge in [0, 0.05) is 13.6 Å². The Morgan fingerprint density at radius 1 is 1.55 bits per heavy atom. The fourth-order valence-corrected chi connectivity index (χ4v) is 0.690. The zero-order chi connectivity index (χ0) is 8.69. The molecule has 0 bridgehead atoms. The fourth-order valence-electron chi connectivity index (χ4n) is 0.690. The summed E-state index contributed by atoms with van der Waals surface area (Å²) in [5.74, 6) is 0.122. The highest BCUT2D eigenvalue weighted by atomic mass is 16.2. The van der Waals surface area contributed by atoms with E-state index in [-0.39, 0.29) is 5.91 Å². The van der Waals surface area contributed by atoms with E-state index in [1.54, 1.807) is 11.0 Å². The van der Waals surface area contributed by atoms with Crippen LogP contribution in [0.25, 0.3) is 0 Å². The van der Waals surface area contributed by atoms with Gasteiger partial charge < -0.3 is 4.90 Å². The summed E-state index contributed by atoms with van der Waals surface area (Å²) in [6.07, 6.45) is 5.77. The van der Waals surface area contributed by atoms with Crippen molar-refractivity contribution >= 4 is 5.91 Å². The van der Waals surface area contributed by atoms with E-state index < -0.39 is 0 Å². The van der Waals surface area contributed by atoms with Crippen molar-refractivity contribution in [2.75, 3.05) is 13.6 Å². The molecule has 2 heteroatoms. The highest BCUT2D eigenvalue weighted by Gasteiger charge is 2.05. The van der Waals surface area contributed by atoms with E-state index in [0.29, 0.717) is 0 Å². The molecule has 1 rings (SSSR count). The summed E-state index contributed by atoms with van der Waals surface area (Å²) >= 11 is 0. The minimum Gasteiger partial charge on any atom is -0.342 e. The van der Waals surface area contributed by atoms with Crippen molar-refractivity contribution in [3.63, 3.8) is 0 Å². The second-order valence-electron chi connectivity index (χ2n) is 2.66. The lowest BCUT2D eigenvalue weighted by molar-refractivity contribution is -0.125. The summed E-state index contributed by atoms with van der Waals surface area (Å²) in [6.45, 7) is 5.12. The maximum atomic E-state index is 10.6. The van der Waals surface area contributed by atoms with Crippen molar-refractivity contribution in [1.29, 1.82) is 0 Å². The van der Waals surface area contributed by atoms with Gasteiger partial charge in [-0.3, -0.25) is 4.79 Å². The average Bonchev–Trinajstić information content (AvgIpc) is 1.97. The van der Waals surface area contributed by atoms with Crippen LogP contribution in [0.15, 0.2) is 12.2 Å². The molecule has 0 unspecified atom stereocenters. The molecule has 0 saturated carbocycles. The molecule has 0 N–H and O–H groups in total. The third-order valence-corrected chi connectivity index (χ3v) is 1.27. The SMILES string of the molecule is CCC.CN1CCC=CC1=O. The smallest absolute Gasteiger partial charge is 0.245 e. The first-order chi connectivity index (χ1) is 5.22. The molecular formula is C9H17NO. The van der Waals surface area contributed by atoms with Gasteiger partial charge in [0.05, 0.1) is 0 Å². The number of rotatable bonds is 0. The predicted molar refractivity (Wildman–Crippen MR) is 47.4 cm³/mol. The third-order valence-electron chi connectivity index (χ3n) is 1.27. The zero-order valence-corrected chi connectivity index (χ0v) is 7.63. The number of amides is 1. The second-order valence-corrected chi connectivity index (χ2v) is 2.66. The molecule has 0 radical (unpaired) electrons. The van der Waals surface area contributed by atoms with Gasteiger partial charge in [-0.05, 0) is 12.5 Å². The van der Waals surface area contributed by atoms with E-state index in [4.69, 9.17) is 0 Å². The Balaban J connectivity index is 0.000000292. The minimum atomic E-state index is 0.122. The highest BCUT2D eigenvalue weighted by molar-refractivity contribution is 5.88. The third kappa shape index (κ3) is 4.59. The molecule has 0 spiro atoms. The first kappa shape index (κ1) is 10.2. The lowest BCUT2D eigenvalue weighted by atomic mass is 10.3. The van der Waals surface area contributed by atoms with Gasteiger partial charge in [-0.1, -0.05) is 26.3 Å². The van der Waals surface area contributed by atoms with Gasteiger partial charge in [-0.2, -0.15) is 0 Å². The quantitative estimate of drug-likeness (QED) is 0.522. The molecular weight excluding hydrogens is 138 g/mol. The first-order valence-corrected chi connectivity index (χ1v) is 4.14. The average molecular weight is 155 g/mol. The molecule has 11 heavy (non-hydrogen) atoms. The Morgan fingerprint density at radius 2 is 2.09 bits per heavy atom. The molecule has 0 aromatic carbocycles. The summed E-state index contributed by atoms with van der Waals surface area (Å²) in [5, 5.41) is 0. The van der Waals surface area contributed by atoms with Crippen molar-refractivity contribution in [2.45, 2.75) is 26.7 Å². The van der Waals surface area contributed by atoms with Crippen LogP contribution >= 0.6 is 0 Å². The van der Waals surface area contributed by atoms with Gasteiger partial charge in [0.25, 0.3) is 0 Å². The van der Waals surface area contributed by atoms with Crippen LogP contribution in [0.1, 0.15) is 26.7 Å². The van der Waals surface area contributed by atoms with Crippen molar-refractivity contribution in [1.82, 2.24) is 4.90 Å². The molecule has 2 nitrogen and oxygen atoms in total. The highest BCUT2D eigenvalue weighted by Crippen LogP contribution is 1.97. The molecule has 0 fully saturated rings. The van der Waals surface area contributed by atoms with Gasteiger partial charge in [0.15, 0.2) is 0 Å². The molecule has 0 aliphatic carbocycles. The minimum absolute atomic E-state index is 0.122. The van der Waals surface area contributed by atoms with Crippen LogP contribution in [0.2, 0.25) is 0 Å². The van der Waals surface area contributed by atoms with Crippen molar-refractivity contribution in [3.8, 4) is 0 Å². The lowest BCUT2D eigenvalue weighted by Gasteiger charge is -2.16. The Bertz CT molecular complexity index is 140. The van der Waals surface area contributed by atoms with E-state index in [1.165, 1.54) is 6.42 Å². The molecule has 1 heterocycles. The molecule has 0 aromatic heterocycles. The van der Waals surface area contributed by atoms with E-state index in [2.05, 4.69) is 13.8 Å². The van der Waals surface area contributed by atoms with Crippen molar-refractivity contribution in [3.05, 3.63) is 12.2 Å². The lowest BCUT2D eigenvalue weighted by Crippen LogP contribution is -2.27. The summed E-state index contributed by atoms with van der Waals surface area (Å²) in [4.78, 5) is 12.3. The van der Waals surface area contributed by atoms with E-state index >= 15 is 0 Å². The van der Waals surface area contributed by atoms with E-state index in [1.807, 2.05) is 13.1 Å². The van der Waals surface area contributed by atoms with Crippen LogP contribution in [-0.4, -0.2) is 24.4 Å². The molecule has 1 aliphatic heterocycles. The number of hydrogen-bond donors (Lipinski definition) is 0. The van der Waals surface area contributed by atoms with Crippen LogP contribution in [0.3, 0.4) is 0 Å². The van der Waals surface area contributed by atoms with Crippen LogP contribution in [0.4, 0.5) is 0 Å². The molecule has 0 atom stereocenters. The summed E-state index contributed by atoms with van der Waals surface area (Å²) in [6, 6.07) is 0. The monoisotopic (exact) mass is 155 g/mol. The van der Waals surface area contributed by atoms with Crippen molar-refractivity contribution < 1.29 is 4.79 Å². The Hall–Kier alpha value is -0.790. The molecule has 0 saturated heterocycles. The molecule has 1 aliphatic rings. The standard InChI is InChI=1S/C6H9NO.C3H8/c1-7-5-3-2-4-6(7)8;1-3-2/h2,4H,3,5H2,1H3;3H2,1-2H3. The van der Waals surface area contributed by atoms with Crippen LogP contribution in [0, 0.1) is 0 Å². The topological polar surface area (TPSA) is 20.3 Å². The maximum Gasteiger partial charge on any atom is 0.245 e. The van der Waals surface area contributed by atoms with Gasteiger partial charge >= 0.3 is 0 Å². The number of carbonyl (C=O) groups excluding carboxylic acids is 1. The van der Waals surface area contributed by atoms with E-state index in [0.717, 1.165) is 13.0 Å². The number of carbonyl (C=O) groups is 1. The molecule has 1 amide bonds. The Morgan fingerprint density at radius 3 is 2.36 bits per heavy atom. The van der Waals surface area contributed by atoms with Gasteiger partial charge in [-0.25, -0.2) is 0 Å². The summed E-state index contributed by atoms with van der Waals surface area (Å²) < 4.78 is 0. The van der Waals surface area contributed by atoms with Crippen molar-refractivity contribution in [2.24, 2.45) is 0 Å². The number of likely N-dealkylation sites (N-methyl/N-ethyl adjacent to an activating group) is 1. The fraction of sp³-hybridized carbons (Fsp3) is 0.667. The normalized spacial score (nSPS) is 15.9. The Labute approximate surface area is 68.9 Å². The van der Waals surface area contributed by atoms with Gasteiger partial charge in [0.2, 0.25) is 5.91 Å². The largest absolute Gasteiger partial charge is 0.342 e. The predicted octanol–water partition coefficient (Wildman–Crippen LogP) is 1.82. The summed E-state index contributed by atoms with van der Waals surface area (Å²) in [5.41, 5.74) is 0. The molecule has 64 valence electrons. The Kier molecular flexibility index (Phi) is 5.53. The maximum absolute atomic E-state index is 10.6. The van der Waals surface area contributed by atoms with E-state index in [9.17, 15) is 4.79 Å². The number of nitrogens with zero attached hydrogens (tertiary/aromatic N) is 1. The first-order valence-electron chi connectivity index (χ1n) is 4.14. The number of hydrogen-bond acceptors (Lipinski definition) is 1.